The molecule has 0 atom stereocenters. The van der Waals surface area contributed by atoms with E-state index in [2.05, 4.69) is 26.6 Å². The summed E-state index contributed by atoms with van der Waals surface area (Å²) in [4.78, 5) is 23.2. The Labute approximate surface area is 118 Å². The number of carbonyl (C=O) groups excluding carboxylic acids is 2. The quantitative estimate of drug-likeness (QED) is 0.852. The molecule has 2 aromatic rings. The summed E-state index contributed by atoms with van der Waals surface area (Å²) in [6, 6.07) is 10.4. The number of nitrogens with one attached hydrogen (secondary N) is 2. The number of hydrogen-bond acceptors (Lipinski definition) is 3. The van der Waals surface area contributed by atoms with Crippen molar-refractivity contribution in [3.8, 4) is 0 Å². The molecule has 1 aromatic carbocycles. The summed E-state index contributed by atoms with van der Waals surface area (Å²) in [6.45, 7) is 0.178. The molecule has 0 aliphatic carbocycles. The number of hydrogen-bond donors (Lipinski definition) is 2. The van der Waals surface area contributed by atoms with E-state index in [4.69, 9.17) is 4.42 Å². The van der Waals surface area contributed by atoms with Gasteiger partial charge in [-0.15, -0.1) is 0 Å². The Kier molecular flexibility index (Phi) is 4.35. The monoisotopic (exact) mass is 322 g/mol. The van der Waals surface area contributed by atoms with Crippen molar-refractivity contribution in [3.05, 3.63) is 52.9 Å². The number of furan rings is 1. The third-order valence-electron chi connectivity index (χ3n) is 2.29. The van der Waals surface area contributed by atoms with E-state index in [1.54, 1.807) is 30.3 Å². The third-order valence-corrected chi connectivity index (χ3v) is 2.79. The fraction of sp³-hybridized carbons (Fsp3) is 0.0769. The summed E-state index contributed by atoms with van der Waals surface area (Å²) in [5, 5.41) is 4.96. The topological polar surface area (TPSA) is 71.3 Å². The second-order valence-corrected chi connectivity index (χ2v) is 4.64. The molecule has 0 saturated heterocycles. The van der Waals surface area contributed by atoms with E-state index < -0.39 is 11.8 Å². The average Bonchev–Trinajstić information content (AvgIpc) is 2.89. The predicted molar refractivity (Wildman–Crippen MR) is 73.3 cm³/mol. The highest BCUT2D eigenvalue weighted by atomic mass is 79.9. The van der Waals surface area contributed by atoms with E-state index in [0.717, 1.165) is 4.47 Å². The Bertz CT molecular complexity index is 581. The van der Waals surface area contributed by atoms with Crippen molar-refractivity contribution < 1.29 is 14.0 Å². The number of rotatable bonds is 3. The van der Waals surface area contributed by atoms with Gasteiger partial charge in [-0.3, -0.25) is 9.59 Å². The molecule has 0 aliphatic rings. The Morgan fingerprint density at radius 3 is 2.68 bits per heavy atom. The summed E-state index contributed by atoms with van der Waals surface area (Å²) in [5.74, 6) is -0.843. The number of benzene rings is 1. The van der Waals surface area contributed by atoms with Crippen LogP contribution in [0, 0.1) is 0 Å². The molecule has 0 aliphatic heterocycles. The van der Waals surface area contributed by atoms with Crippen molar-refractivity contribution in [1.29, 1.82) is 0 Å². The van der Waals surface area contributed by atoms with Gasteiger partial charge in [0.15, 0.2) is 0 Å². The molecule has 2 amide bonds. The van der Waals surface area contributed by atoms with Crippen LogP contribution >= 0.6 is 15.9 Å². The summed E-state index contributed by atoms with van der Waals surface area (Å²) < 4.78 is 5.87. The molecule has 2 N–H and O–H groups in total. The molecule has 98 valence electrons. The Morgan fingerprint density at radius 1 is 1.16 bits per heavy atom. The molecule has 0 radical (unpaired) electrons. The zero-order chi connectivity index (χ0) is 13.7. The summed E-state index contributed by atoms with van der Waals surface area (Å²) >= 11 is 3.28. The van der Waals surface area contributed by atoms with Gasteiger partial charge in [-0.1, -0.05) is 22.0 Å². The number of anilines is 1. The number of amides is 2. The Hall–Kier alpha value is -2.08. The van der Waals surface area contributed by atoms with Gasteiger partial charge in [-0.05, 0) is 30.3 Å². The van der Waals surface area contributed by atoms with E-state index in [0.29, 0.717) is 11.4 Å². The highest BCUT2D eigenvalue weighted by molar-refractivity contribution is 9.10. The van der Waals surface area contributed by atoms with Crippen molar-refractivity contribution in [2.75, 3.05) is 5.32 Å². The Morgan fingerprint density at radius 2 is 2.00 bits per heavy atom. The normalized spacial score (nSPS) is 9.95. The lowest BCUT2D eigenvalue weighted by molar-refractivity contribution is -0.136. The van der Waals surface area contributed by atoms with Crippen LogP contribution in [-0.4, -0.2) is 11.8 Å². The van der Waals surface area contributed by atoms with Crippen LogP contribution < -0.4 is 10.6 Å². The molecule has 0 unspecified atom stereocenters. The number of halogens is 1. The molecule has 1 heterocycles. The van der Waals surface area contributed by atoms with Gasteiger partial charge in [0, 0.05) is 10.2 Å². The minimum Gasteiger partial charge on any atom is -0.467 e. The molecule has 6 heteroatoms. The summed E-state index contributed by atoms with van der Waals surface area (Å²) in [7, 11) is 0. The van der Waals surface area contributed by atoms with Gasteiger partial charge in [0.25, 0.3) is 0 Å². The fourth-order valence-electron chi connectivity index (χ4n) is 1.41. The molecule has 2 rings (SSSR count). The van der Waals surface area contributed by atoms with Crippen LogP contribution in [0.3, 0.4) is 0 Å². The lowest BCUT2D eigenvalue weighted by Crippen LogP contribution is -2.34. The molecule has 1 aromatic heterocycles. The number of carbonyl (C=O) groups is 2. The van der Waals surface area contributed by atoms with Crippen LogP contribution in [-0.2, 0) is 16.1 Å². The van der Waals surface area contributed by atoms with Gasteiger partial charge >= 0.3 is 11.8 Å². The maximum atomic E-state index is 11.6. The first-order valence-corrected chi connectivity index (χ1v) is 6.31. The highest BCUT2D eigenvalue weighted by Gasteiger charge is 2.13. The zero-order valence-corrected chi connectivity index (χ0v) is 11.4. The highest BCUT2D eigenvalue weighted by Crippen LogP contribution is 2.15. The summed E-state index contributed by atoms with van der Waals surface area (Å²) in [5.41, 5.74) is 0.549. The van der Waals surface area contributed by atoms with E-state index in [9.17, 15) is 9.59 Å². The van der Waals surface area contributed by atoms with Gasteiger partial charge < -0.3 is 15.1 Å². The minimum atomic E-state index is -0.718. The maximum absolute atomic E-state index is 11.6. The SMILES string of the molecule is O=C(NCc1ccco1)C(=O)Nc1cccc(Br)c1. The van der Waals surface area contributed by atoms with Crippen LogP contribution in [0.4, 0.5) is 5.69 Å². The Balaban J connectivity index is 1.87. The van der Waals surface area contributed by atoms with Gasteiger partial charge in [0.2, 0.25) is 0 Å². The van der Waals surface area contributed by atoms with Crippen LogP contribution in [0.25, 0.3) is 0 Å². The molecule has 0 bridgehead atoms. The van der Waals surface area contributed by atoms with Crippen LogP contribution in [0.1, 0.15) is 5.76 Å². The maximum Gasteiger partial charge on any atom is 0.313 e. The molecule has 0 spiro atoms. The lowest BCUT2D eigenvalue weighted by atomic mass is 10.3. The van der Waals surface area contributed by atoms with Crippen molar-refractivity contribution >= 4 is 33.4 Å². The minimum absolute atomic E-state index is 0.178. The lowest BCUT2D eigenvalue weighted by Gasteiger charge is -2.05. The third kappa shape index (κ3) is 3.96. The fourth-order valence-corrected chi connectivity index (χ4v) is 1.81. The van der Waals surface area contributed by atoms with E-state index >= 15 is 0 Å². The van der Waals surface area contributed by atoms with Crippen molar-refractivity contribution in [3.63, 3.8) is 0 Å². The standard InChI is InChI=1S/C13H11BrN2O3/c14-9-3-1-4-10(7-9)16-13(18)12(17)15-8-11-5-2-6-19-11/h1-7H,8H2,(H,15,17)(H,16,18). The molecular formula is C13H11BrN2O3. The van der Waals surface area contributed by atoms with E-state index in [-0.39, 0.29) is 6.54 Å². The zero-order valence-electron chi connectivity index (χ0n) is 9.85. The molecule has 5 nitrogen and oxygen atoms in total. The second-order valence-electron chi connectivity index (χ2n) is 3.73. The molecule has 19 heavy (non-hydrogen) atoms. The first kappa shape index (κ1) is 13.4. The van der Waals surface area contributed by atoms with Crippen LogP contribution in [0.2, 0.25) is 0 Å². The van der Waals surface area contributed by atoms with Crippen LogP contribution in [0.15, 0.2) is 51.6 Å². The first-order chi connectivity index (χ1) is 9.15. The van der Waals surface area contributed by atoms with Gasteiger partial charge in [0.05, 0.1) is 12.8 Å². The van der Waals surface area contributed by atoms with Crippen molar-refractivity contribution in [2.45, 2.75) is 6.54 Å². The van der Waals surface area contributed by atoms with Crippen molar-refractivity contribution in [1.82, 2.24) is 5.32 Å². The van der Waals surface area contributed by atoms with Crippen molar-refractivity contribution in [2.24, 2.45) is 0 Å². The van der Waals surface area contributed by atoms with Gasteiger partial charge in [-0.2, -0.15) is 0 Å². The predicted octanol–water partition coefficient (Wildman–Crippen LogP) is 2.30. The first-order valence-electron chi connectivity index (χ1n) is 5.52. The average molecular weight is 323 g/mol. The molecule has 0 fully saturated rings. The molecular weight excluding hydrogens is 312 g/mol. The smallest absolute Gasteiger partial charge is 0.313 e. The van der Waals surface area contributed by atoms with Crippen LogP contribution in [0.5, 0.6) is 0 Å². The molecule has 0 saturated carbocycles. The van der Waals surface area contributed by atoms with Gasteiger partial charge in [0.1, 0.15) is 5.76 Å². The largest absolute Gasteiger partial charge is 0.467 e. The summed E-state index contributed by atoms with van der Waals surface area (Å²) in [6.07, 6.45) is 1.50. The van der Waals surface area contributed by atoms with Gasteiger partial charge in [-0.25, -0.2) is 0 Å². The van der Waals surface area contributed by atoms with E-state index in [1.807, 2.05) is 6.07 Å². The van der Waals surface area contributed by atoms with E-state index in [1.165, 1.54) is 6.26 Å². The second kappa shape index (κ2) is 6.19.